The number of aliphatic imine (C=N–C) groups is 1. The van der Waals surface area contributed by atoms with Crippen LogP contribution in [0.25, 0.3) is 11.3 Å². The minimum absolute atomic E-state index is 0.172. The molecule has 0 bridgehead atoms. The van der Waals surface area contributed by atoms with Crippen LogP contribution in [0.4, 0.5) is 10.3 Å². The van der Waals surface area contributed by atoms with Crippen molar-refractivity contribution in [2.75, 3.05) is 31.5 Å². The van der Waals surface area contributed by atoms with E-state index in [0.717, 1.165) is 13.0 Å². The number of furan rings is 1. The van der Waals surface area contributed by atoms with Crippen molar-refractivity contribution in [2.45, 2.75) is 26.2 Å². The quantitative estimate of drug-likeness (QED) is 0.474. The molecular weight excluding hydrogens is 323 g/mol. The zero-order chi connectivity index (χ0) is 17.6. The number of guanidine groups is 1. The number of halogens is 1. The van der Waals surface area contributed by atoms with Gasteiger partial charge in [0.15, 0.2) is 11.8 Å². The van der Waals surface area contributed by atoms with Gasteiger partial charge >= 0.3 is 0 Å². The van der Waals surface area contributed by atoms with Gasteiger partial charge in [-0.05, 0) is 51.9 Å². The van der Waals surface area contributed by atoms with E-state index in [2.05, 4.69) is 25.2 Å². The maximum Gasteiger partial charge on any atom is 0.230 e. The van der Waals surface area contributed by atoms with Gasteiger partial charge in [0.2, 0.25) is 5.95 Å². The molecule has 0 radical (unpaired) electrons. The lowest BCUT2D eigenvalue weighted by molar-refractivity contribution is 0.336. The Morgan fingerprint density at radius 3 is 2.92 bits per heavy atom. The average Bonchev–Trinajstić information content (AvgIpc) is 3.28. The topological polar surface area (TPSA) is 92.6 Å². The van der Waals surface area contributed by atoms with Crippen LogP contribution in [0.5, 0.6) is 0 Å². The van der Waals surface area contributed by atoms with Gasteiger partial charge in [-0.15, -0.1) is 0 Å². The minimum atomic E-state index is -0.479. The summed E-state index contributed by atoms with van der Waals surface area (Å²) in [6.07, 6.45) is 6.42. The molecule has 7 nitrogen and oxygen atoms in total. The molecule has 0 atom stereocenters. The number of anilines is 1. The minimum Gasteiger partial charge on any atom is -0.472 e. The third kappa shape index (κ3) is 4.54. The molecule has 0 saturated carbocycles. The Kier molecular flexibility index (Phi) is 5.60. The molecule has 3 rings (SSSR count). The van der Waals surface area contributed by atoms with E-state index in [0.29, 0.717) is 12.1 Å². The van der Waals surface area contributed by atoms with Gasteiger partial charge < -0.3 is 15.1 Å². The van der Waals surface area contributed by atoms with E-state index in [1.165, 1.54) is 38.5 Å². The third-order valence-corrected chi connectivity index (χ3v) is 4.16. The summed E-state index contributed by atoms with van der Waals surface area (Å²) in [7, 11) is 0. The summed E-state index contributed by atoms with van der Waals surface area (Å²) in [6.45, 7) is 5.60. The SMILES string of the molecule is Cc1nc(NC(N)=NCCCN2CCCC2)nc(-c2ccoc2)c1F. The Bertz CT molecular complexity index is 725. The van der Waals surface area contributed by atoms with Gasteiger partial charge in [-0.1, -0.05) is 0 Å². The fraction of sp³-hybridized carbons (Fsp3) is 0.471. The number of hydrogen-bond acceptors (Lipinski definition) is 5. The van der Waals surface area contributed by atoms with Gasteiger partial charge in [0.1, 0.15) is 5.69 Å². The normalized spacial score (nSPS) is 15.7. The number of nitrogens with two attached hydrogens (primary N) is 1. The average molecular weight is 346 g/mol. The van der Waals surface area contributed by atoms with Crippen molar-refractivity contribution < 1.29 is 8.81 Å². The molecule has 0 aromatic carbocycles. The van der Waals surface area contributed by atoms with Crippen LogP contribution in [-0.2, 0) is 0 Å². The monoisotopic (exact) mass is 346 g/mol. The maximum absolute atomic E-state index is 14.2. The van der Waals surface area contributed by atoms with Crippen LogP contribution in [0.2, 0.25) is 0 Å². The van der Waals surface area contributed by atoms with Gasteiger partial charge in [-0.3, -0.25) is 10.3 Å². The summed E-state index contributed by atoms with van der Waals surface area (Å²) in [5, 5.41) is 2.84. The van der Waals surface area contributed by atoms with Crippen molar-refractivity contribution in [1.29, 1.82) is 0 Å². The summed E-state index contributed by atoms with van der Waals surface area (Å²) < 4.78 is 19.2. The molecule has 8 heteroatoms. The molecule has 1 aliphatic heterocycles. The van der Waals surface area contributed by atoms with Crippen LogP contribution in [0, 0.1) is 12.7 Å². The van der Waals surface area contributed by atoms with Gasteiger partial charge in [-0.2, -0.15) is 0 Å². The van der Waals surface area contributed by atoms with Crippen molar-refractivity contribution in [2.24, 2.45) is 10.7 Å². The molecule has 3 N–H and O–H groups in total. The van der Waals surface area contributed by atoms with Crippen molar-refractivity contribution in [1.82, 2.24) is 14.9 Å². The summed E-state index contributed by atoms with van der Waals surface area (Å²) in [6, 6.07) is 1.64. The lowest BCUT2D eigenvalue weighted by Crippen LogP contribution is -2.25. The van der Waals surface area contributed by atoms with Gasteiger partial charge in [0, 0.05) is 12.1 Å². The van der Waals surface area contributed by atoms with E-state index < -0.39 is 5.82 Å². The molecule has 0 aliphatic carbocycles. The molecule has 1 aliphatic rings. The highest BCUT2D eigenvalue weighted by Crippen LogP contribution is 2.23. The molecule has 2 aromatic heterocycles. The van der Waals surface area contributed by atoms with Crippen LogP contribution in [0.15, 0.2) is 28.0 Å². The zero-order valence-electron chi connectivity index (χ0n) is 14.3. The Hall–Kier alpha value is -2.48. The van der Waals surface area contributed by atoms with E-state index in [9.17, 15) is 4.39 Å². The molecule has 1 saturated heterocycles. The third-order valence-electron chi connectivity index (χ3n) is 4.16. The first-order chi connectivity index (χ1) is 12.1. The first kappa shape index (κ1) is 17.3. The van der Waals surface area contributed by atoms with E-state index in [1.807, 2.05) is 0 Å². The van der Waals surface area contributed by atoms with Gasteiger partial charge in [0.05, 0.1) is 18.2 Å². The Labute approximate surface area is 146 Å². The number of aryl methyl sites for hydroxylation is 1. The van der Waals surface area contributed by atoms with Crippen molar-refractivity contribution in [3.8, 4) is 11.3 Å². The van der Waals surface area contributed by atoms with Crippen LogP contribution in [0.1, 0.15) is 25.0 Å². The fourth-order valence-corrected chi connectivity index (χ4v) is 2.86. The Balaban J connectivity index is 1.60. The smallest absolute Gasteiger partial charge is 0.230 e. The summed E-state index contributed by atoms with van der Waals surface area (Å²) in [5.41, 5.74) is 6.84. The number of aromatic nitrogens is 2. The first-order valence-corrected chi connectivity index (χ1v) is 8.49. The molecule has 0 spiro atoms. The second kappa shape index (κ2) is 8.06. The Morgan fingerprint density at radius 2 is 2.20 bits per heavy atom. The molecule has 0 amide bonds. The molecule has 134 valence electrons. The highest BCUT2D eigenvalue weighted by Gasteiger charge is 2.15. The zero-order valence-corrected chi connectivity index (χ0v) is 14.3. The molecule has 1 fully saturated rings. The van der Waals surface area contributed by atoms with Gasteiger partial charge in [-0.25, -0.2) is 14.4 Å². The van der Waals surface area contributed by atoms with Crippen LogP contribution in [-0.4, -0.2) is 47.0 Å². The fourth-order valence-electron chi connectivity index (χ4n) is 2.86. The van der Waals surface area contributed by atoms with Crippen LogP contribution < -0.4 is 11.1 Å². The number of nitrogens with zero attached hydrogens (tertiary/aromatic N) is 4. The number of likely N-dealkylation sites (tertiary alicyclic amines) is 1. The van der Waals surface area contributed by atoms with Crippen molar-refractivity contribution >= 4 is 11.9 Å². The van der Waals surface area contributed by atoms with Crippen molar-refractivity contribution in [3.63, 3.8) is 0 Å². The second-order valence-corrected chi connectivity index (χ2v) is 6.10. The highest BCUT2D eigenvalue weighted by molar-refractivity contribution is 5.90. The molecule has 0 unspecified atom stereocenters. The molecule has 25 heavy (non-hydrogen) atoms. The van der Waals surface area contributed by atoms with E-state index in [-0.39, 0.29) is 23.3 Å². The lowest BCUT2D eigenvalue weighted by Gasteiger charge is -2.13. The lowest BCUT2D eigenvalue weighted by atomic mass is 10.2. The largest absolute Gasteiger partial charge is 0.472 e. The first-order valence-electron chi connectivity index (χ1n) is 8.49. The second-order valence-electron chi connectivity index (χ2n) is 6.10. The Morgan fingerprint density at radius 1 is 1.40 bits per heavy atom. The highest BCUT2D eigenvalue weighted by atomic mass is 19.1. The predicted molar refractivity (Wildman–Crippen MR) is 94.8 cm³/mol. The van der Waals surface area contributed by atoms with E-state index in [4.69, 9.17) is 10.2 Å². The summed E-state index contributed by atoms with van der Waals surface area (Å²) in [4.78, 5) is 15.0. The summed E-state index contributed by atoms with van der Waals surface area (Å²) >= 11 is 0. The van der Waals surface area contributed by atoms with Crippen LogP contribution in [0.3, 0.4) is 0 Å². The van der Waals surface area contributed by atoms with E-state index >= 15 is 0 Å². The van der Waals surface area contributed by atoms with Crippen LogP contribution >= 0.6 is 0 Å². The van der Waals surface area contributed by atoms with E-state index in [1.54, 1.807) is 13.0 Å². The van der Waals surface area contributed by atoms with Gasteiger partial charge in [0.25, 0.3) is 0 Å². The molecule has 2 aromatic rings. The standard InChI is InChI=1S/C17H23FN6O/c1-12-14(18)15(13-5-10-25-11-13)22-17(21-12)23-16(19)20-6-4-9-24-7-2-3-8-24/h5,10-11H,2-4,6-9H2,1H3,(H3,19,20,21,22,23). The summed E-state index contributed by atoms with van der Waals surface area (Å²) in [5.74, 6) is -0.0328. The predicted octanol–water partition coefficient (Wildman–Crippen LogP) is 2.40. The van der Waals surface area contributed by atoms with Crippen molar-refractivity contribution in [3.05, 3.63) is 30.1 Å². The molecule has 3 heterocycles. The number of nitrogens with one attached hydrogen (secondary N) is 1. The maximum atomic E-state index is 14.2. The number of rotatable bonds is 6. The number of hydrogen-bond donors (Lipinski definition) is 2. The molecular formula is C17H23FN6O.